The first-order valence-electron chi connectivity index (χ1n) is 12.3. The summed E-state index contributed by atoms with van der Waals surface area (Å²) in [6.07, 6.45) is -2.77. The molecule has 1 saturated heterocycles. The molecule has 1 atom stereocenters. The standard InChI is InChI=1S/C28H30F4N4O/c1-18-13-15-36(16-14-18)26-21(5-12-25(35-26)28(30,31)32)17-33-27(37)19(2)20-3-8-23(9-4-20)34-24-10-6-22(29)7-11-24/h3-12,18-19,34H,13-17H2,1-2H3,(H,33,37). The number of anilines is 3. The molecule has 0 bridgehead atoms. The van der Waals surface area contributed by atoms with Gasteiger partial charge in [-0.05, 0) is 73.7 Å². The van der Waals surface area contributed by atoms with Crippen LogP contribution in [0.4, 0.5) is 34.8 Å². The number of carbonyl (C=O) groups excluding carboxylic acids is 1. The van der Waals surface area contributed by atoms with Crippen molar-refractivity contribution in [2.45, 2.75) is 45.3 Å². The van der Waals surface area contributed by atoms with Crippen LogP contribution in [0.1, 0.15) is 49.4 Å². The molecule has 2 N–H and O–H groups in total. The van der Waals surface area contributed by atoms with Gasteiger partial charge in [-0.3, -0.25) is 4.79 Å². The van der Waals surface area contributed by atoms with Gasteiger partial charge in [0.1, 0.15) is 17.3 Å². The van der Waals surface area contributed by atoms with E-state index >= 15 is 0 Å². The van der Waals surface area contributed by atoms with Gasteiger partial charge in [-0.15, -0.1) is 0 Å². The van der Waals surface area contributed by atoms with E-state index in [4.69, 9.17) is 0 Å². The van der Waals surface area contributed by atoms with Crippen molar-refractivity contribution < 1.29 is 22.4 Å². The lowest BCUT2D eigenvalue weighted by Gasteiger charge is -2.33. The van der Waals surface area contributed by atoms with E-state index in [1.807, 2.05) is 29.2 Å². The quantitative estimate of drug-likeness (QED) is 0.347. The number of piperidine rings is 1. The van der Waals surface area contributed by atoms with Crippen LogP contribution in [0.2, 0.25) is 0 Å². The maximum Gasteiger partial charge on any atom is 0.433 e. The third-order valence-electron chi connectivity index (χ3n) is 6.72. The van der Waals surface area contributed by atoms with Gasteiger partial charge >= 0.3 is 6.18 Å². The van der Waals surface area contributed by atoms with Crippen LogP contribution in [0.15, 0.2) is 60.7 Å². The Kier molecular flexibility index (Phi) is 8.00. The van der Waals surface area contributed by atoms with E-state index in [1.165, 1.54) is 18.2 Å². The number of carbonyl (C=O) groups is 1. The highest BCUT2D eigenvalue weighted by Crippen LogP contribution is 2.32. The van der Waals surface area contributed by atoms with Crippen LogP contribution in [-0.2, 0) is 17.5 Å². The van der Waals surface area contributed by atoms with E-state index in [1.54, 1.807) is 19.1 Å². The molecule has 0 spiro atoms. The number of rotatable bonds is 7. The second-order valence-electron chi connectivity index (χ2n) is 9.54. The topological polar surface area (TPSA) is 57.3 Å². The predicted octanol–water partition coefficient (Wildman–Crippen LogP) is 6.64. The lowest BCUT2D eigenvalue weighted by Crippen LogP contribution is -2.35. The Labute approximate surface area is 213 Å². The van der Waals surface area contributed by atoms with Crippen LogP contribution in [0.25, 0.3) is 0 Å². The molecule has 1 aromatic heterocycles. The van der Waals surface area contributed by atoms with Crippen molar-refractivity contribution in [3.05, 3.63) is 83.3 Å². The first-order chi connectivity index (χ1) is 17.6. The summed E-state index contributed by atoms with van der Waals surface area (Å²) < 4.78 is 53.1. The van der Waals surface area contributed by atoms with Gasteiger partial charge in [0.15, 0.2) is 0 Å². The Hall–Kier alpha value is -3.62. The van der Waals surface area contributed by atoms with Crippen molar-refractivity contribution in [2.24, 2.45) is 5.92 Å². The summed E-state index contributed by atoms with van der Waals surface area (Å²) in [4.78, 5) is 18.7. The first-order valence-corrected chi connectivity index (χ1v) is 12.3. The molecule has 0 aliphatic carbocycles. The van der Waals surface area contributed by atoms with E-state index in [-0.39, 0.29) is 24.1 Å². The summed E-state index contributed by atoms with van der Waals surface area (Å²) in [6, 6.07) is 15.7. The number of hydrogen-bond donors (Lipinski definition) is 2. The zero-order valence-electron chi connectivity index (χ0n) is 20.8. The van der Waals surface area contributed by atoms with Crippen molar-refractivity contribution in [1.82, 2.24) is 10.3 Å². The minimum absolute atomic E-state index is 0.0832. The summed E-state index contributed by atoms with van der Waals surface area (Å²) in [5.74, 6) is -0.224. The number of halogens is 4. The second kappa shape index (κ2) is 11.2. The van der Waals surface area contributed by atoms with E-state index in [0.29, 0.717) is 24.6 Å². The molecule has 5 nitrogen and oxygen atoms in total. The average molecular weight is 515 g/mol. The van der Waals surface area contributed by atoms with Gasteiger partial charge < -0.3 is 15.5 Å². The second-order valence-corrected chi connectivity index (χ2v) is 9.54. The number of amides is 1. The van der Waals surface area contributed by atoms with Crippen molar-refractivity contribution in [3.63, 3.8) is 0 Å². The van der Waals surface area contributed by atoms with Crippen LogP contribution in [0.3, 0.4) is 0 Å². The monoisotopic (exact) mass is 514 g/mol. The van der Waals surface area contributed by atoms with Crippen LogP contribution in [0.5, 0.6) is 0 Å². The molecule has 2 heterocycles. The van der Waals surface area contributed by atoms with Gasteiger partial charge in [0, 0.05) is 36.6 Å². The molecule has 2 aromatic carbocycles. The number of pyridine rings is 1. The first kappa shape index (κ1) is 26.4. The lowest BCUT2D eigenvalue weighted by atomic mass is 9.98. The van der Waals surface area contributed by atoms with Crippen molar-refractivity contribution >= 4 is 23.1 Å². The van der Waals surface area contributed by atoms with Gasteiger partial charge in [0.05, 0.1) is 5.92 Å². The predicted molar refractivity (Wildman–Crippen MR) is 136 cm³/mol. The Morgan fingerprint density at radius 2 is 1.59 bits per heavy atom. The summed E-state index contributed by atoms with van der Waals surface area (Å²) >= 11 is 0. The summed E-state index contributed by atoms with van der Waals surface area (Å²) in [6.45, 7) is 5.25. The number of benzene rings is 2. The largest absolute Gasteiger partial charge is 0.433 e. The number of aromatic nitrogens is 1. The van der Waals surface area contributed by atoms with E-state index in [2.05, 4.69) is 22.5 Å². The molecule has 1 aliphatic rings. The highest BCUT2D eigenvalue weighted by Gasteiger charge is 2.34. The Morgan fingerprint density at radius 3 is 2.19 bits per heavy atom. The third kappa shape index (κ3) is 6.78. The molecule has 196 valence electrons. The summed E-state index contributed by atoms with van der Waals surface area (Å²) in [7, 11) is 0. The minimum atomic E-state index is -4.54. The summed E-state index contributed by atoms with van der Waals surface area (Å²) in [5.41, 5.74) is 1.95. The van der Waals surface area contributed by atoms with Gasteiger partial charge in [0.2, 0.25) is 5.91 Å². The van der Waals surface area contributed by atoms with E-state index in [0.717, 1.165) is 35.8 Å². The number of nitrogens with zero attached hydrogens (tertiary/aromatic N) is 2. The summed E-state index contributed by atoms with van der Waals surface area (Å²) in [5, 5.41) is 6.03. The van der Waals surface area contributed by atoms with Crippen LogP contribution >= 0.6 is 0 Å². The van der Waals surface area contributed by atoms with Gasteiger partial charge in [-0.1, -0.05) is 25.1 Å². The normalized spacial score (nSPS) is 15.4. The van der Waals surface area contributed by atoms with Gasteiger partial charge in [-0.2, -0.15) is 13.2 Å². The molecule has 0 saturated carbocycles. The molecular weight excluding hydrogens is 484 g/mol. The van der Waals surface area contributed by atoms with Crippen molar-refractivity contribution in [2.75, 3.05) is 23.3 Å². The highest BCUT2D eigenvalue weighted by molar-refractivity contribution is 5.83. The van der Waals surface area contributed by atoms with Crippen LogP contribution in [-0.4, -0.2) is 24.0 Å². The van der Waals surface area contributed by atoms with Crippen molar-refractivity contribution in [3.8, 4) is 0 Å². The fraction of sp³-hybridized carbons (Fsp3) is 0.357. The Bertz CT molecular complexity index is 1200. The molecule has 1 aliphatic heterocycles. The maximum absolute atomic E-state index is 13.3. The fourth-order valence-corrected chi connectivity index (χ4v) is 4.31. The fourth-order valence-electron chi connectivity index (χ4n) is 4.31. The molecule has 1 amide bonds. The molecule has 4 rings (SSSR count). The SMILES string of the molecule is CC1CCN(c2nc(C(F)(F)F)ccc2CNC(=O)C(C)c2ccc(Nc3ccc(F)cc3)cc2)CC1. The lowest BCUT2D eigenvalue weighted by molar-refractivity contribution is -0.141. The highest BCUT2D eigenvalue weighted by atomic mass is 19.4. The molecule has 9 heteroatoms. The van der Waals surface area contributed by atoms with Crippen LogP contribution in [0, 0.1) is 11.7 Å². The van der Waals surface area contributed by atoms with Crippen LogP contribution < -0.4 is 15.5 Å². The number of hydrogen-bond acceptors (Lipinski definition) is 4. The molecule has 1 unspecified atom stereocenters. The molecule has 1 fully saturated rings. The van der Waals surface area contributed by atoms with Gasteiger partial charge in [-0.25, -0.2) is 9.37 Å². The average Bonchev–Trinajstić information content (AvgIpc) is 2.88. The Morgan fingerprint density at radius 1 is 1.00 bits per heavy atom. The number of nitrogens with one attached hydrogen (secondary N) is 2. The van der Waals surface area contributed by atoms with Crippen molar-refractivity contribution in [1.29, 1.82) is 0 Å². The zero-order valence-corrected chi connectivity index (χ0v) is 20.8. The molecule has 3 aromatic rings. The van der Waals surface area contributed by atoms with E-state index < -0.39 is 17.8 Å². The smallest absolute Gasteiger partial charge is 0.356 e. The molecular formula is C28H30F4N4O. The van der Waals surface area contributed by atoms with E-state index in [9.17, 15) is 22.4 Å². The minimum Gasteiger partial charge on any atom is -0.356 e. The molecule has 37 heavy (non-hydrogen) atoms. The zero-order chi connectivity index (χ0) is 26.6. The van der Waals surface area contributed by atoms with Gasteiger partial charge in [0.25, 0.3) is 0 Å². The number of alkyl halides is 3. The maximum atomic E-state index is 13.3. The Balaban J connectivity index is 1.42. The molecule has 0 radical (unpaired) electrons. The third-order valence-corrected chi connectivity index (χ3v) is 6.72.